The lowest BCUT2D eigenvalue weighted by molar-refractivity contribution is 0.187. The van der Waals surface area contributed by atoms with Gasteiger partial charge in [-0.3, -0.25) is 0 Å². The topological polar surface area (TPSA) is 35.5 Å². The highest BCUT2D eigenvalue weighted by atomic mass is 16.3. The van der Waals surface area contributed by atoms with Gasteiger partial charge in [0.1, 0.15) is 0 Å². The molecule has 1 fully saturated rings. The summed E-state index contributed by atoms with van der Waals surface area (Å²) in [5, 5.41) is 12.7. The summed E-state index contributed by atoms with van der Waals surface area (Å²) in [6.07, 6.45) is 3.34. The van der Waals surface area contributed by atoms with Crippen molar-refractivity contribution in [3.8, 4) is 0 Å². The lowest BCUT2D eigenvalue weighted by Gasteiger charge is -2.23. The number of β-amino-alcohol motifs (C(OH)–C–C–N with tert-alkyl or cyclic N) is 1. The number of unbranched alkanes of at least 4 members (excludes halogenated alkanes) is 1. The fourth-order valence-electron chi connectivity index (χ4n) is 2.01. The van der Waals surface area contributed by atoms with Crippen molar-refractivity contribution in [1.82, 2.24) is 10.2 Å². The van der Waals surface area contributed by atoms with E-state index in [2.05, 4.69) is 24.1 Å². The molecule has 1 heterocycles. The van der Waals surface area contributed by atoms with Gasteiger partial charge < -0.3 is 15.3 Å². The van der Waals surface area contributed by atoms with E-state index in [-0.39, 0.29) is 6.10 Å². The number of aliphatic hydroxyl groups is 1. The summed E-state index contributed by atoms with van der Waals surface area (Å²) in [6, 6.07) is 0.502. The molecule has 0 amide bonds. The van der Waals surface area contributed by atoms with Crippen LogP contribution in [0.1, 0.15) is 33.1 Å². The molecule has 3 heteroatoms. The molecule has 3 nitrogen and oxygen atoms in total. The Hall–Kier alpha value is -0.120. The van der Waals surface area contributed by atoms with Crippen molar-refractivity contribution < 1.29 is 5.11 Å². The molecule has 0 aromatic carbocycles. The van der Waals surface area contributed by atoms with Gasteiger partial charge >= 0.3 is 0 Å². The number of aliphatic hydroxyl groups excluding tert-OH is 1. The van der Waals surface area contributed by atoms with Gasteiger partial charge in [0, 0.05) is 19.1 Å². The zero-order valence-electron chi connectivity index (χ0n) is 9.50. The minimum Gasteiger partial charge on any atom is -0.392 e. The molecule has 1 aliphatic rings. The summed E-state index contributed by atoms with van der Waals surface area (Å²) < 4.78 is 0. The third-order valence-electron chi connectivity index (χ3n) is 2.95. The van der Waals surface area contributed by atoms with Gasteiger partial charge in [0.2, 0.25) is 0 Å². The van der Waals surface area contributed by atoms with Gasteiger partial charge in [0.25, 0.3) is 0 Å². The number of nitrogens with zero attached hydrogens (tertiary/aromatic N) is 1. The van der Waals surface area contributed by atoms with Crippen LogP contribution >= 0.6 is 0 Å². The molecular formula is C11H24N2O. The summed E-state index contributed by atoms with van der Waals surface area (Å²) in [5.74, 6) is 0. The molecule has 2 N–H and O–H groups in total. The maximum absolute atomic E-state index is 9.38. The van der Waals surface area contributed by atoms with Crippen LogP contribution in [0.5, 0.6) is 0 Å². The van der Waals surface area contributed by atoms with Gasteiger partial charge in [0.05, 0.1) is 6.10 Å². The van der Waals surface area contributed by atoms with Crippen LogP contribution in [0.15, 0.2) is 0 Å². The summed E-state index contributed by atoms with van der Waals surface area (Å²) in [4.78, 5) is 2.47. The van der Waals surface area contributed by atoms with Crippen LogP contribution < -0.4 is 5.32 Å². The van der Waals surface area contributed by atoms with Gasteiger partial charge in [-0.25, -0.2) is 0 Å². The van der Waals surface area contributed by atoms with Gasteiger partial charge in [-0.2, -0.15) is 0 Å². The highest BCUT2D eigenvalue weighted by Crippen LogP contribution is 2.08. The number of hydrogen-bond acceptors (Lipinski definition) is 3. The maximum Gasteiger partial charge on any atom is 0.0680 e. The van der Waals surface area contributed by atoms with E-state index in [9.17, 15) is 5.11 Å². The Morgan fingerprint density at radius 3 is 2.71 bits per heavy atom. The zero-order valence-corrected chi connectivity index (χ0v) is 9.50. The molecule has 84 valence electrons. The van der Waals surface area contributed by atoms with E-state index in [0.29, 0.717) is 6.04 Å². The highest BCUT2D eigenvalue weighted by molar-refractivity contribution is 4.83. The first-order chi connectivity index (χ1) is 6.76. The summed E-state index contributed by atoms with van der Waals surface area (Å²) in [5.41, 5.74) is 0. The Labute approximate surface area is 87.5 Å². The van der Waals surface area contributed by atoms with Crippen molar-refractivity contribution in [1.29, 1.82) is 0 Å². The first-order valence-corrected chi connectivity index (χ1v) is 5.90. The van der Waals surface area contributed by atoms with Gasteiger partial charge in [0.15, 0.2) is 0 Å². The zero-order chi connectivity index (χ0) is 10.4. The molecule has 0 bridgehead atoms. The van der Waals surface area contributed by atoms with Gasteiger partial charge in [-0.15, -0.1) is 0 Å². The third-order valence-corrected chi connectivity index (χ3v) is 2.95. The van der Waals surface area contributed by atoms with Crippen LogP contribution in [0.4, 0.5) is 0 Å². The van der Waals surface area contributed by atoms with Crippen molar-refractivity contribution in [3.63, 3.8) is 0 Å². The minimum atomic E-state index is -0.120. The van der Waals surface area contributed by atoms with E-state index >= 15 is 0 Å². The molecule has 1 aliphatic heterocycles. The highest BCUT2D eigenvalue weighted by Gasteiger charge is 2.23. The summed E-state index contributed by atoms with van der Waals surface area (Å²) in [6.45, 7) is 8.62. The normalized spacial score (nSPS) is 27.4. The van der Waals surface area contributed by atoms with E-state index in [1.165, 1.54) is 19.4 Å². The standard InChI is InChI=1S/C11H24N2O/c1-3-5-6-13(4-2)9-10-7-11(14)8-12-10/h10-12,14H,3-9H2,1-2H3. The Morgan fingerprint density at radius 2 is 2.21 bits per heavy atom. The fraction of sp³-hybridized carbons (Fsp3) is 1.00. The lowest BCUT2D eigenvalue weighted by atomic mass is 10.2. The first-order valence-electron chi connectivity index (χ1n) is 5.90. The Morgan fingerprint density at radius 1 is 1.43 bits per heavy atom. The van der Waals surface area contributed by atoms with Gasteiger partial charge in [-0.1, -0.05) is 20.3 Å². The molecule has 14 heavy (non-hydrogen) atoms. The number of rotatable bonds is 6. The van der Waals surface area contributed by atoms with E-state index in [1.807, 2.05) is 0 Å². The van der Waals surface area contributed by atoms with Crippen LogP contribution in [0.25, 0.3) is 0 Å². The quantitative estimate of drug-likeness (QED) is 0.667. The maximum atomic E-state index is 9.38. The van der Waals surface area contributed by atoms with Crippen LogP contribution in [0.3, 0.4) is 0 Å². The Bertz CT molecular complexity index is 152. The second-order valence-corrected chi connectivity index (χ2v) is 4.24. The van der Waals surface area contributed by atoms with Crippen LogP contribution in [-0.2, 0) is 0 Å². The number of hydrogen-bond donors (Lipinski definition) is 2. The number of likely N-dealkylation sites (N-methyl/N-ethyl adjacent to an activating group) is 1. The molecule has 0 aliphatic carbocycles. The van der Waals surface area contributed by atoms with Gasteiger partial charge in [-0.05, 0) is 25.9 Å². The van der Waals surface area contributed by atoms with E-state index in [0.717, 1.165) is 26.1 Å². The van der Waals surface area contributed by atoms with Crippen LogP contribution in [0, 0.1) is 0 Å². The Kier molecular flexibility index (Phi) is 5.45. The molecule has 0 aromatic rings. The molecule has 2 atom stereocenters. The van der Waals surface area contributed by atoms with Crippen molar-refractivity contribution in [2.45, 2.75) is 45.3 Å². The van der Waals surface area contributed by atoms with Crippen LogP contribution in [-0.4, -0.2) is 48.3 Å². The summed E-state index contributed by atoms with van der Waals surface area (Å²) >= 11 is 0. The van der Waals surface area contributed by atoms with E-state index < -0.39 is 0 Å². The monoisotopic (exact) mass is 200 g/mol. The van der Waals surface area contributed by atoms with Crippen molar-refractivity contribution in [2.24, 2.45) is 0 Å². The molecular weight excluding hydrogens is 176 g/mol. The molecule has 2 unspecified atom stereocenters. The molecule has 0 saturated carbocycles. The molecule has 1 rings (SSSR count). The SMILES string of the molecule is CCCCN(CC)CC1CC(O)CN1. The predicted molar refractivity (Wildman–Crippen MR) is 59.4 cm³/mol. The van der Waals surface area contributed by atoms with Crippen molar-refractivity contribution >= 4 is 0 Å². The average Bonchev–Trinajstić information content (AvgIpc) is 2.58. The largest absolute Gasteiger partial charge is 0.392 e. The predicted octanol–water partition coefficient (Wildman–Crippen LogP) is 0.831. The lowest BCUT2D eigenvalue weighted by Crippen LogP contribution is -2.37. The fourth-order valence-corrected chi connectivity index (χ4v) is 2.01. The molecule has 0 spiro atoms. The second kappa shape index (κ2) is 6.38. The molecule has 0 radical (unpaired) electrons. The number of nitrogens with one attached hydrogen (secondary N) is 1. The van der Waals surface area contributed by atoms with Crippen molar-refractivity contribution in [3.05, 3.63) is 0 Å². The summed E-state index contributed by atoms with van der Waals surface area (Å²) in [7, 11) is 0. The van der Waals surface area contributed by atoms with Crippen molar-refractivity contribution in [2.75, 3.05) is 26.2 Å². The second-order valence-electron chi connectivity index (χ2n) is 4.24. The third kappa shape index (κ3) is 3.95. The molecule has 1 saturated heterocycles. The first kappa shape index (κ1) is 12.0. The smallest absolute Gasteiger partial charge is 0.0680 e. The van der Waals surface area contributed by atoms with E-state index in [4.69, 9.17) is 0 Å². The molecule has 0 aromatic heterocycles. The average molecular weight is 200 g/mol. The van der Waals surface area contributed by atoms with Crippen LogP contribution in [0.2, 0.25) is 0 Å². The minimum absolute atomic E-state index is 0.120. The Balaban J connectivity index is 2.19. The van der Waals surface area contributed by atoms with E-state index in [1.54, 1.807) is 0 Å².